The molecule has 0 radical (unpaired) electrons. The molecule has 0 bridgehead atoms. The third kappa shape index (κ3) is 8.24. The lowest BCUT2D eigenvalue weighted by atomic mass is 10.1. The minimum atomic E-state index is -4.15. The highest BCUT2D eigenvalue weighted by Gasteiger charge is 2.34. The first kappa shape index (κ1) is 32.0. The van der Waals surface area contributed by atoms with Gasteiger partial charge in [-0.1, -0.05) is 61.8 Å². The molecule has 2 unspecified atom stereocenters. The van der Waals surface area contributed by atoms with Crippen molar-refractivity contribution >= 4 is 39.1 Å². The summed E-state index contributed by atoms with van der Waals surface area (Å²) in [7, 11) is -4.15. The van der Waals surface area contributed by atoms with Crippen molar-refractivity contribution in [3.63, 3.8) is 0 Å². The van der Waals surface area contributed by atoms with Crippen LogP contribution < -0.4 is 14.4 Å². The third-order valence-electron chi connectivity index (χ3n) is 6.73. The Morgan fingerprint density at radius 2 is 1.54 bits per heavy atom. The van der Waals surface area contributed by atoms with Gasteiger partial charge in [-0.2, -0.15) is 0 Å². The molecule has 1 N–H and O–H groups in total. The summed E-state index contributed by atoms with van der Waals surface area (Å²) in [6.45, 7) is 7.49. The highest BCUT2D eigenvalue weighted by atomic mass is 35.5. The van der Waals surface area contributed by atoms with E-state index in [9.17, 15) is 18.0 Å². The SMILES string of the molecule is CCOc1ccc(N(CC(=O)N(Cc2ccccc2Cl)C(CC)C(=O)NC(C)CC)S(=O)(=O)c2ccccc2)cc1. The highest BCUT2D eigenvalue weighted by Crippen LogP contribution is 2.27. The predicted octanol–water partition coefficient (Wildman–Crippen LogP) is 5.66. The average molecular weight is 600 g/mol. The summed E-state index contributed by atoms with van der Waals surface area (Å²) < 4.78 is 34.4. The number of carbonyl (C=O) groups excluding carboxylic acids is 2. The van der Waals surface area contributed by atoms with Gasteiger partial charge >= 0.3 is 0 Å². The zero-order chi connectivity index (χ0) is 30.0. The van der Waals surface area contributed by atoms with Crippen LogP contribution in [0, 0.1) is 0 Å². The molecule has 0 aromatic heterocycles. The average Bonchev–Trinajstić information content (AvgIpc) is 2.97. The second-order valence-electron chi connectivity index (χ2n) is 9.61. The number of nitrogens with one attached hydrogen (secondary N) is 1. The number of nitrogens with zero attached hydrogens (tertiary/aromatic N) is 2. The van der Waals surface area contributed by atoms with Gasteiger partial charge in [0.1, 0.15) is 18.3 Å². The van der Waals surface area contributed by atoms with Crippen LogP contribution in [0.4, 0.5) is 5.69 Å². The van der Waals surface area contributed by atoms with Crippen LogP contribution in [0.2, 0.25) is 5.02 Å². The van der Waals surface area contributed by atoms with E-state index >= 15 is 0 Å². The van der Waals surface area contributed by atoms with Crippen molar-refractivity contribution in [2.24, 2.45) is 0 Å². The molecule has 0 saturated carbocycles. The quantitative estimate of drug-likeness (QED) is 0.258. The first-order valence-electron chi connectivity index (χ1n) is 13.8. The number of sulfonamides is 1. The second kappa shape index (κ2) is 14.9. The van der Waals surface area contributed by atoms with Crippen LogP contribution in [0.5, 0.6) is 5.75 Å². The normalized spacial score (nSPS) is 12.7. The zero-order valence-corrected chi connectivity index (χ0v) is 25.5. The van der Waals surface area contributed by atoms with Gasteiger partial charge in [0.05, 0.1) is 17.2 Å². The Morgan fingerprint density at radius 3 is 2.12 bits per heavy atom. The van der Waals surface area contributed by atoms with Crippen molar-refractivity contribution in [2.45, 2.75) is 64.1 Å². The molecule has 2 atom stereocenters. The first-order chi connectivity index (χ1) is 19.6. The predicted molar refractivity (Wildman–Crippen MR) is 163 cm³/mol. The lowest BCUT2D eigenvalue weighted by Crippen LogP contribution is -2.53. The van der Waals surface area contributed by atoms with Crippen LogP contribution in [0.15, 0.2) is 83.8 Å². The molecule has 0 heterocycles. The molecule has 8 nitrogen and oxygen atoms in total. The molecule has 0 fully saturated rings. The van der Waals surface area contributed by atoms with Gasteiger partial charge in [-0.05, 0) is 74.7 Å². The maximum atomic E-state index is 14.1. The number of carbonyl (C=O) groups is 2. The molecular weight excluding hydrogens is 562 g/mol. The lowest BCUT2D eigenvalue weighted by Gasteiger charge is -2.34. The topological polar surface area (TPSA) is 96.0 Å². The van der Waals surface area contributed by atoms with Crippen LogP contribution in [0.1, 0.15) is 46.1 Å². The summed E-state index contributed by atoms with van der Waals surface area (Å²) in [6.07, 6.45) is 1.05. The van der Waals surface area contributed by atoms with Crippen LogP contribution in [0.25, 0.3) is 0 Å². The molecule has 2 amide bonds. The van der Waals surface area contributed by atoms with Crippen molar-refractivity contribution in [2.75, 3.05) is 17.5 Å². The summed E-state index contributed by atoms with van der Waals surface area (Å²) in [5, 5.41) is 3.41. The third-order valence-corrected chi connectivity index (χ3v) is 8.89. The lowest BCUT2D eigenvalue weighted by molar-refractivity contribution is -0.140. The van der Waals surface area contributed by atoms with E-state index in [4.69, 9.17) is 16.3 Å². The minimum Gasteiger partial charge on any atom is -0.494 e. The molecule has 0 spiro atoms. The fraction of sp³-hybridized carbons (Fsp3) is 0.355. The molecule has 0 aliphatic heterocycles. The van der Waals surface area contributed by atoms with Gasteiger partial charge in [0.15, 0.2) is 0 Å². The molecule has 0 aliphatic carbocycles. The van der Waals surface area contributed by atoms with Crippen molar-refractivity contribution in [1.82, 2.24) is 10.2 Å². The van der Waals surface area contributed by atoms with E-state index in [-0.39, 0.29) is 23.4 Å². The van der Waals surface area contributed by atoms with Crippen LogP contribution >= 0.6 is 11.6 Å². The monoisotopic (exact) mass is 599 g/mol. The molecule has 3 rings (SSSR count). The van der Waals surface area contributed by atoms with Crippen LogP contribution in [-0.2, 0) is 26.2 Å². The fourth-order valence-corrected chi connectivity index (χ4v) is 5.93. The van der Waals surface area contributed by atoms with E-state index in [1.54, 1.807) is 66.7 Å². The summed E-state index contributed by atoms with van der Waals surface area (Å²) in [5.74, 6) is -0.266. The second-order valence-corrected chi connectivity index (χ2v) is 11.9. The molecular formula is C31H38ClN3O5S. The number of anilines is 1. The standard InChI is InChI=1S/C31H38ClN3O5S/c1-5-23(4)33-31(37)29(6-2)34(21-24-13-11-12-16-28(24)32)30(36)22-35(25-17-19-26(20-18-25)40-7-3)41(38,39)27-14-9-8-10-15-27/h8-20,23,29H,5-7,21-22H2,1-4H3,(H,33,37). The van der Waals surface area contributed by atoms with E-state index in [1.165, 1.54) is 17.0 Å². The Labute approximate surface area is 248 Å². The van der Waals surface area contributed by atoms with Gasteiger partial charge in [-0.3, -0.25) is 13.9 Å². The molecule has 220 valence electrons. The first-order valence-corrected chi connectivity index (χ1v) is 15.6. The summed E-state index contributed by atoms with van der Waals surface area (Å²) in [5.41, 5.74) is 0.941. The van der Waals surface area contributed by atoms with Crippen molar-refractivity contribution < 1.29 is 22.7 Å². The Morgan fingerprint density at radius 1 is 0.902 bits per heavy atom. The number of rotatable bonds is 14. The molecule has 0 saturated heterocycles. The number of hydrogen-bond acceptors (Lipinski definition) is 5. The van der Waals surface area contributed by atoms with Crippen molar-refractivity contribution in [3.05, 3.63) is 89.4 Å². The highest BCUT2D eigenvalue weighted by molar-refractivity contribution is 7.92. The molecule has 0 aliphatic rings. The maximum Gasteiger partial charge on any atom is 0.264 e. The Hall–Kier alpha value is -3.56. The molecule has 41 heavy (non-hydrogen) atoms. The van der Waals surface area contributed by atoms with Crippen LogP contribution in [-0.4, -0.2) is 50.4 Å². The Kier molecular flexibility index (Phi) is 11.6. The van der Waals surface area contributed by atoms with Crippen LogP contribution in [0.3, 0.4) is 0 Å². The smallest absolute Gasteiger partial charge is 0.264 e. The summed E-state index contributed by atoms with van der Waals surface area (Å²) in [4.78, 5) is 28.9. The number of hydrogen-bond donors (Lipinski definition) is 1. The van der Waals surface area contributed by atoms with Crippen molar-refractivity contribution in [1.29, 1.82) is 0 Å². The summed E-state index contributed by atoms with van der Waals surface area (Å²) in [6, 6.07) is 20.6. The maximum absolute atomic E-state index is 14.1. The number of benzene rings is 3. The Balaban J connectivity index is 2.06. The van der Waals surface area contributed by atoms with Gasteiger partial charge in [-0.15, -0.1) is 0 Å². The molecule has 10 heteroatoms. The van der Waals surface area contributed by atoms with Gasteiger partial charge in [-0.25, -0.2) is 8.42 Å². The van der Waals surface area contributed by atoms with Crippen molar-refractivity contribution in [3.8, 4) is 5.75 Å². The number of amides is 2. The number of ether oxygens (including phenoxy) is 1. The Bertz CT molecular complexity index is 1400. The summed E-state index contributed by atoms with van der Waals surface area (Å²) >= 11 is 6.45. The van der Waals surface area contributed by atoms with Gasteiger partial charge in [0, 0.05) is 17.6 Å². The fourth-order valence-electron chi connectivity index (χ4n) is 4.29. The zero-order valence-electron chi connectivity index (χ0n) is 23.9. The minimum absolute atomic E-state index is 0.0352. The van der Waals surface area contributed by atoms with E-state index < -0.39 is 28.5 Å². The van der Waals surface area contributed by atoms with Gasteiger partial charge in [0.2, 0.25) is 11.8 Å². The van der Waals surface area contributed by atoms with E-state index in [1.807, 2.05) is 27.7 Å². The van der Waals surface area contributed by atoms with Gasteiger partial charge in [0.25, 0.3) is 10.0 Å². The molecule has 3 aromatic rings. The number of halogens is 1. The van der Waals surface area contributed by atoms with Gasteiger partial charge < -0.3 is 15.0 Å². The van der Waals surface area contributed by atoms with E-state index in [2.05, 4.69) is 5.32 Å². The van der Waals surface area contributed by atoms with E-state index in [0.717, 1.165) is 10.7 Å². The molecule has 3 aromatic carbocycles. The largest absolute Gasteiger partial charge is 0.494 e. The van der Waals surface area contributed by atoms with E-state index in [0.29, 0.717) is 35.1 Å².